The van der Waals surface area contributed by atoms with E-state index < -0.39 is 7.14 Å². The summed E-state index contributed by atoms with van der Waals surface area (Å²) in [5.74, 6) is 1.15. The molecule has 0 rings (SSSR count). The molecule has 0 fully saturated rings. The van der Waals surface area contributed by atoms with Gasteiger partial charge in [-0.3, -0.25) is 0 Å². The molecule has 0 aromatic rings. The van der Waals surface area contributed by atoms with E-state index in [9.17, 15) is 4.57 Å². The third-order valence-corrected chi connectivity index (χ3v) is 4.51. The van der Waals surface area contributed by atoms with Crippen LogP contribution in [-0.4, -0.2) is 19.0 Å². The Labute approximate surface area is 70.9 Å². The van der Waals surface area contributed by atoms with Crippen LogP contribution in [0, 0.1) is 11.8 Å². The Morgan fingerprint density at radius 2 is 1.27 bits per heavy atom. The molecule has 0 spiro atoms. The summed E-state index contributed by atoms with van der Waals surface area (Å²) in [6.45, 7) is 10.5. The second-order valence-corrected chi connectivity index (χ2v) is 7.77. The van der Waals surface area contributed by atoms with Crippen LogP contribution in [0.3, 0.4) is 0 Å². The first kappa shape index (κ1) is 11.2. The third kappa shape index (κ3) is 6.62. The normalized spacial score (nSPS) is 13.0. The Balaban J connectivity index is 3.91. The maximum atomic E-state index is 11.8. The van der Waals surface area contributed by atoms with Crippen molar-refractivity contribution in [3.05, 3.63) is 0 Å². The summed E-state index contributed by atoms with van der Waals surface area (Å²) in [7, 11) is -1.80. The van der Waals surface area contributed by atoms with Gasteiger partial charge in [-0.05, 0) is 18.5 Å². The van der Waals surface area contributed by atoms with Crippen molar-refractivity contribution in [2.24, 2.45) is 11.8 Å². The van der Waals surface area contributed by atoms with Gasteiger partial charge in [0.25, 0.3) is 0 Å². The molecule has 0 N–H and O–H groups in total. The predicted octanol–water partition coefficient (Wildman–Crippen LogP) is 3.29. The fourth-order valence-electron chi connectivity index (χ4n) is 1.62. The molecule has 0 saturated heterocycles. The van der Waals surface area contributed by atoms with Gasteiger partial charge in [0.2, 0.25) is 0 Å². The Morgan fingerprint density at radius 3 is 1.45 bits per heavy atom. The number of rotatable bonds is 4. The van der Waals surface area contributed by atoms with Crippen molar-refractivity contribution in [2.45, 2.75) is 27.7 Å². The molecule has 68 valence electrons. The van der Waals surface area contributed by atoms with Gasteiger partial charge in [0.15, 0.2) is 0 Å². The molecule has 11 heavy (non-hydrogen) atoms. The maximum Gasteiger partial charge on any atom is 0.0853 e. The monoisotopic (exact) mass is 176 g/mol. The lowest BCUT2D eigenvalue weighted by Gasteiger charge is -2.16. The smallest absolute Gasteiger partial charge is 0.0853 e. The van der Waals surface area contributed by atoms with Crippen LogP contribution in [0.4, 0.5) is 0 Å². The molecule has 0 aliphatic heterocycles. The summed E-state index contributed by atoms with van der Waals surface area (Å²) in [4.78, 5) is 0. The van der Waals surface area contributed by atoms with Gasteiger partial charge >= 0.3 is 0 Å². The highest BCUT2D eigenvalue weighted by molar-refractivity contribution is 7.63. The van der Waals surface area contributed by atoms with E-state index in [2.05, 4.69) is 27.7 Å². The van der Waals surface area contributed by atoms with Gasteiger partial charge in [-0.1, -0.05) is 27.7 Å². The van der Waals surface area contributed by atoms with E-state index in [0.717, 1.165) is 12.3 Å². The fraction of sp³-hybridized carbons (Fsp3) is 1.00. The van der Waals surface area contributed by atoms with Gasteiger partial charge < -0.3 is 4.57 Å². The van der Waals surface area contributed by atoms with Gasteiger partial charge in [0.05, 0.1) is 7.14 Å². The van der Waals surface area contributed by atoms with E-state index in [1.807, 2.05) is 6.66 Å². The molecular formula is C9H21OP. The summed E-state index contributed by atoms with van der Waals surface area (Å²) < 4.78 is 11.8. The fourth-order valence-corrected chi connectivity index (χ4v) is 4.86. The summed E-state index contributed by atoms with van der Waals surface area (Å²) in [5, 5.41) is 0. The van der Waals surface area contributed by atoms with Crippen molar-refractivity contribution in [2.75, 3.05) is 19.0 Å². The lowest BCUT2D eigenvalue weighted by atomic mass is 10.3. The molecule has 0 aromatic heterocycles. The molecule has 0 saturated carbocycles. The summed E-state index contributed by atoms with van der Waals surface area (Å²) in [5.41, 5.74) is 0. The first-order valence-corrected chi connectivity index (χ1v) is 6.91. The minimum Gasteiger partial charge on any atom is -0.324 e. The SMILES string of the molecule is CC(C)CP(C)(=O)CC(C)C. The van der Waals surface area contributed by atoms with Crippen LogP contribution < -0.4 is 0 Å². The van der Waals surface area contributed by atoms with Crippen LogP contribution >= 0.6 is 7.14 Å². The van der Waals surface area contributed by atoms with Crippen LogP contribution in [0.15, 0.2) is 0 Å². The van der Waals surface area contributed by atoms with E-state index in [-0.39, 0.29) is 0 Å². The molecule has 0 aliphatic rings. The second-order valence-electron chi connectivity index (χ2n) is 4.45. The maximum absolute atomic E-state index is 11.8. The highest BCUT2D eigenvalue weighted by Crippen LogP contribution is 2.44. The Kier molecular flexibility index (Phi) is 4.39. The van der Waals surface area contributed by atoms with E-state index >= 15 is 0 Å². The third-order valence-electron chi connectivity index (χ3n) is 1.50. The molecule has 1 nitrogen and oxygen atoms in total. The zero-order valence-electron chi connectivity index (χ0n) is 8.42. The first-order chi connectivity index (χ1) is 4.83. The molecular weight excluding hydrogens is 155 g/mol. The van der Waals surface area contributed by atoms with Crippen molar-refractivity contribution in [1.29, 1.82) is 0 Å². The molecule has 0 heterocycles. The van der Waals surface area contributed by atoms with Gasteiger partial charge in [-0.2, -0.15) is 0 Å². The molecule has 2 heteroatoms. The highest BCUT2D eigenvalue weighted by atomic mass is 31.2. The van der Waals surface area contributed by atoms with Crippen LogP contribution in [0.5, 0.6) is 0 Å². The lowest BCUT2D eigenvalue weighted by Crippen LogP contribution is -2.04. The summed E-state index contributed by atoms with van der Waals surface area (Å²) in [6, 6.07) is 0. The number of hydrogen-bond acceptors (Lipinski definition) is 1. The largest absolute Gasteiger partial charge is 0.324 e. The van der Waals surface area contributed by atoms with Crippen molar-refractivity contribution < 1.29 is 4.57 Å². The molecule has 0 bridgehead atoms. The Hall–Kier alpha value is 0.230. The Bertz CT molecular complexity index is 136. The Morgan fingerprint density at radius 1 is 1.00 bits per heavy atom. The molecule has 0 aromatic carbocycles. The van der Waals surface area contributed by atoms with E-state index in [1.165, 1.54) is 0 Å². The van der Waals surface area contributed by atoms with Crippen molar-refractivity contribution in [3.63, 3.8) is 0 Å². The van der Waals surface area contributed by atoms with Gasteiger partial charge in [-0.15, -0.1) is 0 Å². The minimum atomic E-state index is -1.80. The molecule has 0 amide bonds. The minimum absolute atomic E-state index is 0.574. The van der Waals surface area contributed by atoms with Crippen LogP contribution in [0.1, 0.15) is 27.7 Å². The zero-order valence-corrected chi connectivity index (χ0v) is 9.32. The van der Waals surface area contributed by atoms with E-state index in [4.69, 9.17) is 0 Å². The molecule has 0 unspecified atom stereocenters. The predicted molar refractivity (Wildman–Crippen MR) is 52.9 cm³/mol. The molecule has 0 radical (unpaired) electrons. The molecule has 0 atom stereocenters. The van der Waals surface area contributed by atoms with Gasteiger partial charge in [-0.25, -0.2) is 0 Å². The quantitative estimate of drug-likeness (QED) is 0.601. The van der Waals surface area contributed by atoms with Crippen LogP contribution in [0.2, 0.25) is 0 Å². The molecule has 0 aliphatic carbocycles. The van der Waals surface area contributed by atoms with Crippen molar-refractivity contribution >= 4 is 7.14 Å². The summed E-state index contributed by atoms with van der Waals surface area (Å²) >= 11 is 0. The van der Waals surface area contributed by atoms with E-state index in [1.54, 1.807) is 0 Å². The topological polar surface area (TPSA) is 17.1 Å². The lowest BCUT2D eigenvalue weighted by molar-refractivity contribution is 0.560. The average molecular weight is 176 g/mol. The summed E-state index contributed by atoms with van der Waals surface area (Å²) in [6.07, 6.45) is 1.82. The van der Waals surface area contributed by atoms with Crippen molar-refractivity contribution in [1.82, 2.24) is 0 Å². The standard InChI is InChI=1S/C9H21OP/c1-8(2)6-11(5,10)7-9(3)4/h8-9H,6-7H2,1-5H3. The van der Waals surface area contributed by atoms with Crippen LogP contribution in [-0.2, 0) is 4.57 Å². The van der Waals surface area contributed by atoms with Gasteiger partial charge in [0, 0.05) is 12.3 Å². The number of hydrogen-bond donors (Lipinski definition) is 0. The van der Waals surface area contributed by atoms with Crippen molar-refractivity contribution in [3.8, 4) is 0 Å². The zero-order chi connectivity index (χ0) is 9.07. The first-order valence-electron chi connectivity index (χ1n) is 4.39. The second kappa shape index (κ2) is 4.30. The van der Waals surface area contributed by atoms with Gasteiger partial charge in [0.1, 0.15) is 0 Å². The average Bonchev–Trinajstić information content (AvgIpc) is 1.53. The van der Waals surface area contributed by atoms with E-state index in [0.29, 0.717) is 11.8 Å². The van der Waals surface area contributed by atoms with Crippen LogP contribution in [0.25, 0.3) is 0 Å². The highest BCUT2D eigenvalue weighted by Gasteiger charge is 2.17.